The lowest BCUT2D eigenvalue weighted by Gasteiger charge is -2.08. The van der Waals surface area contributed by atoms with Gasteiger partial charge in [0.15, 0.2) is 0 Å². The summed E-state index contributed by atoms with van der Waals surface area (Å²) in [5, 5.41) is 2.95. The van der Waals surface area contributed by atoms with Gasteiger partial charge in [-0.15, -0.1) is 0 Å². The van der Waals surface area contributed by atoms with Crippen molar-refractivity contribution in [2.45, 2.75) is 19.1 Å². The molecule has 4 nitrogen and oxygen atoms in total. The van der Waals surface area contributed by atoms with E-state index in [2.05, 4.69) is 5.32 Å². The van der Waals surface area contributed by atoms with Crippen LogP contribution in [0.5, 0.6) is 0 Å². The molecule has 0 saturated heterocycles. The Morgan fingerprint density at radius 2 is 2.23 bits per heavy atom. The molecule has 5 heteroatoms. The molecule has 0 aromatic heterocycles. The van der Waals surface area contributed by atoms with E-state index in [-0.39, 0.29) is 17.8 Å². The third-order valence-corrected chi connectivity index (χ3v) is 2.87. The third-order valence-electron chi connectivity index (χ3n) is 1.57. The Morgan fingerprint density at radius 1 is 1.62 bits per heavy atom. The Kier molecular flexibility index (Phi) is 6.80. The van der Waals surface area contributed by atoms with Gasteiger partial charge in [-0.1, -0.05) is 0 Å². The molecule has 0 aromatic rings. The predicted molar refractivity (Wildman–Crippen MR) is 53.0 cm³/mol. The van der Waals surface area contributed by atoms with Gasteiger partial charge in [-0.05, 0) is 13.8 Å². The van der Waals surface area contributed by atoms with Crippen LogP contribution in [0, 0.1) is 0 Å². The number of ether oxygens (including phenoxy) is 1. The molecule has 13 heavy (non-hydrogen) atoms. The van der Waals surface area contributed by atoms with Gasteiger partial charge in [-0.25, -0.2) is 0 Å². The van der Waals surface area contributed by atoms with Crippen LogP contribution in [-0.4, -0.2) is 41.4 Å². The van der Waals surface area contributed by atoms with Gasteiger partial charge >= 0.3 is 5.97 Å². The van der Waals surface area contributed by atoms with Gasteiger partial charge in [0.1, 0.15) is 0 Å². The average Bonchev–Trinajstić information content (AvgIpc) is 2.04. The van der Waals surface area contributed by atoms with Crippen LogP contribution in [-0.2, 0) is 20.3 Å². The number of hydrogen-bond donors (Lipinski definition) is 1. The monoisotopic (exact) mass is 207 g/mol. The van der Waals surface area contributed by atoms with Gasteiger partial charge in [0.05, 0.1) is 13.2 Å². The second-order valence-corrected chi connectivity index (χ2v) is 4.55. The maximum atomic E-state index is 10.9. The van der Waals surface area contributed by atoms with E-state index in [0.29, 0.717) is 13.2 Å². The van der Waals surface area contributed by atoms with Crippen LogP contribution >= 0.6 is 0 Å². The van der Waals surface area contributed by atoms with Crippen molar-refractivity contribution >= 4 is 16.8 Å². The van der Waals surface area contributed by atoms with Gasteiger partial charge in [0.2, 0.25) is 0 Å². The molecule has 0 fully saturated rings. The van der Waals surface area contributed by atoms with Crippen molar-refractivity contribution in [3.05, 3.63) is 0 Å². The smallest absolute Gasteiger partial charge is 0.319 e. The minimum atomic E-state index is -0.843. The summed E-state index contributed by atoms with van der Waals surface area (Å²) in [5.74, 6) is -0.267. The van der Waals surface area contributed by atoms with Crippen molar-refractivity contribution in [3.8, 4) is 0 Å². The molecule has 0 aliphatic heterocycles. The molecule has 0 bridgehead atoms. The molecular weight excluding hydrogens is 190 g/mol. The summed E-state index contributed by atoms with van der Waals surface area (Å²) in [4.78, 5) is 10.8. The molecule has 2 atom stereocenters. The Morgan fingerprint density at radius 3 is 2.69 bits per heavy atom. The van der Waals surface area contributed by atoms with Crippen LogP contribution in [0.1, 0.15) is 13.8 Å². The van der Waals surface area contributed by atoms with Crippen molar-refractivity contribution in [1.29, 1.82) is 0 Å². The van der Waals surface area contributed by atoms with Gasteiger partial charge in [-0.2, -0.15) is 0 Å². The SMILES string of the molecule is CCOC(=O)CNCC(C)S(C)=O. The highest BCUT2D eigenvalue weighted by Crippen LogP contribution is 1.89. The summed E-state index contributed by atoms with van der Waals surface area (Å²) in [6.07, 6.45) is 1.65. The fourth-order valence-corrected chi connectivity index (χ4v) is 1.06. The molecule has 1 N–H and O–H groups in total. The zero-order valence-electron chi connectivity index (χ0n) is 8.33. The lowest BCUT2D eigenvalue weighted by Crippen LogP contribution is -2.32. The second kappa shape index (κ2) is 7.03. The van der Waals surface area contributed by atoms with Crippen LogP contribution in [0.2, 0.25) is 0 Å². The lowest BCUT2D eigenvalue weighted by atomic mass is 10.4. The number of esters is 1. The molecule has 0 radical (unpaired) electrons. The Hall–Kier alpha value is -0.420. The first-order chi connectivity index (χ1) is 6.07. The van der Waals surface area contributed by atoms with Crippen molar-refractivity contribution < 1.29 is 13.7 Å². The predicted octanol–water partition coefficient (Wildman–Crippen LogP) is -0.0939. The van der Waals surface area contributed by atoms with Gasteiger partial charge in [0.25, 0.3) is 0 Å². The minimum Gasteiger partial charge on any atom is -0.465 e. The van der Waals surface area contributed by atoms with E-state index >= 15 is 0 Å². The van der Waals surface area contributed by atoms with Crippen LogP contribution in [0.25, 0.3) is 0 Å². The van der Waals surface area contributed by atoms with Gasteiger partial charge in [-0.3, -0.25) is 9.00 Å². The van der Waals surface area contributed by atoms with Crippen LogP contribution in [0.4, 0.5) is 0 Å². The number of carbonyl (C=O) groups is 1. The number of hydrogen-bond acceptors (Lipinski definition) is 4. The van der Waals surface area contributed by atoms with E-state index in [4.69, 9.17) is 4.74 Å². The van der Waals surface area contributed by atoms with Crippen LogP contribution in [0.3, 0.4) is 0 Å². The number of rotatable bonds is 6. The first kappa shape index (κ1) is 12.6. The number of nitrogens with one attached hydrogen (secondary N) is 1. The third kappa shape index (κ3) is 6.72. The van der Waals surface area contributed by atoms with Crippen LogP contribution in [0.15, 0.2) is 0 Å². The van der Waals surface area contributed by atoms with Crippen molar-refractivity contribution in [1.82, 2.24) is 5.32 Å². The molecule has 0 spiro atoms. The molecule has 78 valence electrons. The molecule has 0 aliphatic rings. The molecule has 0 heterocycles. The molecule has 0 amide bonds. The summed E-state index contributed by atoms with van der Waals surface area (Å²) in [5.41, 5.74) is 0. The Labute approximate surface area is 81.5 Å². The van der Waals surface area contributed by atoms with E-state index in [0.717, 1.165) is 0 Å². The highest BCUT2D eigenvalue weighted by Gasteiger charge is 2.06. The van der Waals surface area contributed by atoms with E-state index in [1.54, 1.807) is 13.2 Å². The van der Waals surface area contributed by atoms with E-state index in [9.17, 15) is 9.00 Å². The molecule has 0 aliphatic carbocycles. The topological polar surface area (TPSA) is 55.4 Å². The minimum absolute atomic E-state index is 0.0643. The fourth-order valence-electron chi connectivity index (χ4n) is 0.707. The summed E-state index contributed by atoms with van der Waals surface area (Å²) in [6.45, 7) is 4.79. The first-order valence-corrected chi connectivity index (χ1v) is 5.88. The van der Waals surface area contributed by atoms with Crippen LogP contribution < -0.4 is 5.32 Å². The zero-order valence-corrected chi connectivity index (χ0v) is 9.15. The van der Waals surface area contributed by atoms with E-state index in [1.165, 1.54) is 0 Å². The molecular formula is C8H17NO3S. The standard InChI is InChI=1S/C8H17NO3S/c1-4-12-8(10)6-9-5-7(2)13(3)11/h7,9H,4-6H2,1-3H3. The maximum Gasteiger partial charge on any atom is 0.319 e. The van der Waals surface area contributed by atoms with Crippen molar-refractivity contribution in [3.63, 3.8) is 0 Å². The van der Waals surface area contributed by atoms with E-state index in [1.807, 2.05) is 6.92 Å². The van der Waals surface area contributed by atoms with Gasteiger partial charge < -0.3 is 10.1 Å². The Bertz CT molecular complexity index is 184. The summed E-state index contributed by atoms with van der Waals surface area (Å²) in [6, 6.07) is 0. The highest BCUT2D eigenvalue weighted by atomic mass is 32.2. The quantitative estimate of drug-likeness (QED) is 0.618. The van der Waals surface area contributed by atoms with E-state index < -0.39 is 10.8 Å². The summed E-state index contributed by atoms with van der Waals surface area (Å²) < 4.78 is 15.6. The second-order valence-electron chi connectivity index (χ2n) is 2.75. The molecule has 0 saturated carbocycles. The molecule has 0 aromatic carbocycles. The highest BCUT2D eigenvalue weighted by molar-refractivity contribution is 7.84. The summed E-state index contributed by atoms with van der Waals surface area (Å²) in [7, 11) is -0.843. The Balaban J connectivity index is 3.44. The van der Waals surface area contributed by atoms with Crippen molar-refractivity contribution in [2.75, 3.05) is 26.0 Å². The molecule has 0 rings (SSSR count). The lowest BCUT2D eigenvalue weighted by molar-refractivity contribution is -0.141. The maximum absolute atomic E-state index is 10.9. The van der Waals surface area contributed by atoms with Gasteiger partial charge in [0, 0.05) is 28.9 Å². The molecule has 2 unspecified atom stereocenters. The fraction of sp³-hybridized carbons (Fsp3) is 0.875. The number of carbonyl (C=O) groups excluding carboxylic acids is 1. The average molecular weight is 207 g/mol. The zero-order chi connectivity index (χ0) is 10.3. The summed E-state index contributed by atoms with van der Waals surface area (Å²) >= 11 is 0. The largest absolute Gasteiger partial charge is 0.465 e. The van der Waals surface area contributed by atoms with Crippen molar-refractivity contribution in [2.24, 2.45) is 0 Å². The first-order valence-electron chi connectivity index (χ1n) is 4.26. The normalized spacial score (nSPS) is 15.0.